The van der Waals surface area contributed by atoms with Crippen molar-refractivity contribution in [2.45, 2.75) is 19.0 Å². The molecule has 3 heterocycles. The van der Waals surface area contributed by atoms with Gasteiger partial charge in [0.25, 0.3) is 0 Å². The van der Waals surface area contributed by atoms with Gasteiger partial charge in [-0.1, -0.05) is 12.1 Å². The number of nitrogens with zero attached hydrogens (tertiary/aromatic N) is 4. The Kier molecular flexibility index (Phi) is 5.87. The first kappa shape index (κ1) is 19.5. The van der Waals surface area contributed by atoms with Crippen molar-refractivity contribution in [3.63, 3.8) is 0 Å². The van der Waals surface area contributed by atoms with E-state index in [1.165, 1.54) is 5.56 Å². The molecule has 2 aromatic heterocycles. The number of pyridine rings is 1. The van der Waals surface area contributed by atoms with Crippen molar-refractivity contribution in [1.29, 1.82) is 0 Å². The first-order valence-corrected chi connectivity index (χ1v) is 9.97. The van der Waals surface area contributed by atoms with E-state index < -0.39 is 0 Å². The summed E-state index contributed by atoms with van der Waals surface area (Å²) in [4.78, 5) is 19.0. The smallest absolute Gasteiger partial charge is 0.223 e. The van der Waals surface area contributed by atoms with Gasteiger partial charge in [-0.3, -0.25) is 14.5 Å². The third-order valence-electron chi connectivity index (χ3n) is 5.55. The molecule has 2 atom stereocenters. The molecule has 0 unspecified atom stereocenters. The summed E-state index contributed by atoms with van der Waals surface area (Å²) >= 11 is 0. The highest BCUT2D eigenvalue weighted by atomic mass is 16.5. The lowest BCUT2D eigenvalue weighted by Gasteiger charge is -2.27. The van der Waals surface area contributed by atoms with Crippen LogP contribution in [0.15, 0.2) is 48.9 Å². The Morgan fingerprint density at radius 1 is 1.31 bits per heavy atom. The number of aromatic nitrogens is 3. The second-order valence-electron chi connectivity index (χ2n) is 7.60. The van der Waals surface area contributed by atoms with Crippen LogP contribution in [0.4, 0.5) is 0 Å². The van der Waals surface area contributed by atoms with Crippen LogP contribution in [0.3, 0.4) is 0 Å². The zero-order chi connectivity index (χ0) is 20.2. The summed E-state index contributed by atoms with van der Waals surface area (Å²) in [5.74, 6) is 0.380. The van der Waals surface area contributed by atoms with Crippen LogP contribution >= 0.6 is 0 Å². The molecule has 0 radical (unpaired) electrons. The van der Waals surface area contributed by atoms with E-state index in [-0.39, 0.29) is 17.9 Å². The molecule has 3 aromatic rings. The van der Waals surface area contributed by atoms with Gasteiger partial charge in [-0.25, -0.2) is 0 Å². The Hall–Kier alpha value is -2.77. The molecule has 152 valence electrons. The molecule has 1 N–H and O–H groups in total. The van der Waals surface area contributed by atoms with Crippen molar-refractivity contribution in [2.75, 3.05) is 26.8 Å². The van der Waals surface area contributed by atoms with Crippen molar-refractivity contribution < 1.29 is 9.53 Å². The molecule has 0 aliphatic carbocycles. The number of nitrogens with one attached hydrogen (secondary N) is 1. The Labute approximate surface area is 170 Å². The van der Waals surface area contributed by atoms with Gasteiger partial charge in [0.15, 0.2) is 0 Å². The Balaban J connectivity index is 1.44. The zero-order valence-electron chi connectivity index (χ0n) is 16.9. The van der Waals surface area contributed by atoms with Gasteiger partial charge in [-0.05, 0) is 23.8 Å². The van der Waals surface area contributed by atoms with E-state index >= 15 is 0 Å². The van der Waals surface area contributed by atoms with Gasteiger partial charge in [-0.2, -0.15) is 5.10 Å². The fraction of sp³-hybridized carbons (Fsp3) is 0.409. The van der Waals surface area contributed by atoms with Gasteiger partial charge in [0.05, 0.1) is 24.4 Å². The van der Waals surface area contributed by atoms with E-state index in [0.29, 0.717) is 19.6 Å². The van der Waals surface area contributed by atoms with Crippen molar-refractivity contribution >= 4 is 16.8 Å². The summed E-state index contributed by atoms with van der Waals surface area (Å²) in [6.45, 7) is 2.66. The molecular weight excluding hydrogens is 366 g/mol. The third-order valence-corrected chi connectivity index (χ3v) is 5.55. The lowest BCUT2D eigenvalue weighted by molar-refractivity contribution is -0.129. The summed E-state index contributed by atoms with van der Waals surface area (Å²) in [5.41, 5.74) is 3.30. The monoisotopic (exact) mass is 393 g/mol. The Morgan fingerprint density at radius 2 is 2.21 bits per heavy atom. The maximum atomic E-state index is 12.7. The maximum Gasteiger partial charge on any atom is 0.223 e. The lowest BCUT2D eigenvalue weighted by atomic mass is 9.95. The van der Waals surface area contributed by atoms with Crippen LogP contribution in [0.1, 0.15) is 23.6 Å². The number of carbonyl (C=O) groups excluding carboxylic acids is 1. The number of carbonyl (C=O) groups is 1. The quantitative estimate of drug-likeness (QED) is 0.636. The van der Waals surface area contributed by atoms with Gasteiger partial charge in [0, 0.05) is 69.5 Å². The minimum atomic E-state index is 0.0275. The number of likely N-dealkylation sites (tertiary alicyclic amines) is 1. The fourth-order valence-corrected chi connectivity index (χ4v) is 4.18. The maximum absolute atomic E-state index is 12.7. The molecule has 7 nitrogen and oxygen atoms in total. The summed E-state index contributed by atoms with van der Waals surface area (Å²) in [6.07, 6.45) is 6.22. The van der Waals surface area contributed by atoms with E-state index in [0.717, 1.165) is 29.6 Å². The van der Waals surface area contributed by atoms with Crippen molar-refractivity contribution in [3.8, 4) is 0 Å². The first-order chi connectivity index (χ1) is 14.2. The van der Waals surface area contributed by atoms with Crippen LogP contribution in [0.25, 0.3) is 10.9 Å². The Morgan fingerprint density at radius 3 is 3.00 bits per heavy atom. The molecule has 1 aliphatic heterocycles. The van der Waals surface area contributed by atoms with Gasteiger partial charge in [0.2, 0.25) is 5.91 Å². The van der Waals surface area contributed by atoms with Crippen molar-refractivity contribution in [1.82, 2.24) is 25.0 Å². The largest absolute Gasteiger partial charge is 0.383 e. The van der Waals surface area contributed by atoms with Crippen LogP contribution in [0.2, 0.25) is 0 Å². The number of fused-ring (bicyclic) bond motifs is 1. The summed E-state index contributed by atoms with van der Waals surface area (Å²) in [7, 11) is 3.57. The normalized spacial score (nSPS) is 19.4. The number of amides is 1. The second-order valence-corrected chi connectivity index (χ2v) is 7.60. The third kappa shape index (κ3) is 4.31. The highest BCUT2D eigenvalue weighted by Gasteiger charge is 2.40. The van der Waals surface area contributed by atoms with E-state index in [1.807, 2.05) is 36.6 Å². The van der Waals surface area contributed by atoms with E-state index in [9.17, 15) is 4.79 Å². The van der Waals surface area contributed by atoms with Crippen LogP contribution in [-0.4, -0.2) is 52.4 Å². The number of rotatable bonds is 8. The molecular formula is C22H27N5O2. The number of methoxy groups -OCH3 is 1. The van der Waals surface area contributed by atoms with E-state index in [1.54, 1.807) is 11.8 Å². The van der Waals surface area contributed by atoms with Gasteiger partial charge in [0.1, 0.15) is 0 Å². The number of ether oxygens (including phenoxy) is 1. The molecule has 4 rings (SSSR count). The van der Waals surface area contributed by atoms with Crippen molar-refractivity contribution in [3.05, 3.63) is 60.0 Å². The summed E-state index contributed by atoms with van der Waals surface area (Å²) in [5, 5.41) is 9.01. The molecule has 0 saturated carbocycles. The second kappa shape index (κ2) is 8.71. The molecule has 1 saturated heterocycles. The predicted molar refractivity (Wildman–Crippen MR) is 111 cm³/mol. The summed E-state index contributed by atoms with van der Waals surface area (Å²) < 4.78 is 7.01. The fourth-order valence-electron chi connectivity index (χ4n) is 4.18. The number of aryl methyl sites for hydroxylation is 1. The Bertz CT molecular complexity index is 986. The number of benzene rings is 1. The molecule has 0 spiro atoms. The van der Waals surface area contributed by atoms with Crippen LogP contribution in [0.5, 0.6) is 0 Å². The SMILES string of the molecule is COCCN1C(=O)C[C@@H](CNCc2ccc3ncccc3c2)[C@@H]1c1cnn(C)c1. The highest BCUT2D eigenvalue weighted by Crippen LogP contribution is 2.37. The van der Waals surface area contributed by atoms with Crippen LogP contribution in [-0.2, 0) is 23.1 Å². The topological polar surface area (TPSA) is 72.3 Å². The molecule has 1 aromatic carbocycles. The van der Waals surface area contributed by atoms with Crippen molar-refractivity contribution in [2.24, 2.45) is 13.0 Å². The number of hydrogen-bond donors (Lipinski definition) is 1. The zero-order valence-corrected chi connectivity index (χ0v) is 16.9. The van der Waals surface area contributed by atoms with E-state index in [2.05, 4.69) is 39.7 Å². The minimum absolute atomic E-state index is 0.0275. The average Bonchev–Trinajstić information content (AvgIpc) is 3.28. The molecule has 0 bridgehead atoms. The van der Waals surface area contributed by atoms with Gasteiger partial charge < -0.3 is 15.0 Å². The predicted octanol–water partition coefficient (Wildman–Crippen LogP) is 2.29. The lowest BCUT2D eigenvalue weighted by Crippen LogP contribution is -2.33. The number of hydrogen-bond acceptors (Lipinski definition) is 5. The average molecular weight is 393 g/mol. The van der Waals surface area contributed by atoms with Crippen LogP contribution in [0, 0.1) is 5.92 Å². The molecule has 7 heteroatoms. The first-order valence-electron chi connectivity index (χ1n) is 9.97. The highest BCUT2D eigenvalue weighted by molar-refractivity contribution is 5.80. The molecule has 1 aliphatic rings. The molecule has 29 heavy (non-hydrogen) atoms. The van der Waals surface area contributed by atoms with Gasteiger partial charge in [-0.15, -0.1) is 0 Å². The van der Waals surface area contributed by atoms with Gasteiger partial charge >= 0.3 is 0 Å². The van der Waals surface area contributed by atoms with Crippen LogP contribution < -0.4 is 5.32 Å². The molecule has 1 fully saturated rings. The molecule has 1 amide bonds. The van der Waals surface area contributed by atoms with E-state index in [4.69, 9.17) is 4.74 Å². The standard InChI is InChI=1S/C22H27N5O2/c1-26-15-19(14-25-26)22-18(11-21(28)27(22)8-9-29-2)13-23-12-16-5-6-20-17(10-16)4-3-7-24-20/h3-7,10,14-15,18,22-23H,8-9,11-13H2,1-2H3/t18-,22+/m0/s1. The summed E-state index contributed by atoms with van der Waals surface area (Å²) in [6, 6.07) is 10.4. The minimum Gasteiger partial charge on any atom is -0.383 e.